The second-order valence-corrected chi connectivity index (χ2v) is 4.28. The fourth-order valence-corrected chi connectivity index (χ4v) is 1.89. The largest absolute Gasteiger partial charge is 0.573 e. The lowest BCUT2D eigenvalue weighted by Crippen LogP contribution is -2.27. The van der Waals surface area contributed by atoms with Gasteiger partial charge in [-0.1, -0.05) is 12.1 Å². The molecule has 0 bridgehead atoms. The Morgan fingerprint density at radius 2 is 2.05 bits per heavy atom. The monoisotopic (exact) mass is 275 g/mol. The number of carbonyl (C=O) groups excluding carboxylic acids is 1. The van der Waals surface area contributed by atoms with Gasteiger partial charge < -0.3 is 14.4 Å². The number of hydrogen-bond acceptors (Lipinski definition) is 3. The molecule has 4 nitrogen and oxygen atoms in total. The van der Waals surface area contributed by atoms with Crippen molar-refractivity contribution in [3.8, 4) is 5.75 Å². The van der Waals surface area contributed by atoms with Gasteiger partial charge >= 0.3 is 12.5 Å². The van der Waals surface area contributed by atoms with Gasteiger partial charge in [0.05, 0.1) is 6.04 Å². The number of amides is 1. The Balaban J connectivity index is 2.22. The standard InChI is InChI=1S/C12H12F3NO3/c1-7-10(18-11(17)16(7)2)8-4-3-5-9(6-8)19-12(13,14)15/h3-7,10H,1-2H3/t7-,10-/m0/s1. The number of cyclic esters (lactones) is 1. The summed E-state index contributed by atoms with van der Waals surface area (Å²) in [6, 6.07) is 5.18. The van der Waals surface area contributed by atoms with E-state index in [1.54, 1.807) is 20.0 Å². The molecule has 104 valence electrons. The number of carbonyl (C=O) groups is 1. The van der Waals surface area contributed by atoms with Gasteiger partial charge in [-0.05, 0) is 24.6 Å². The first-order valence-electron chi connectivity index (χ1n) is 5.57. The van der Waals surface area contributed by atoms with Gasteiger partial charge in [0.25, 0.3) is 0 Å². The molecule has 1 aliphatic rings. The lowest BCUT2D eigenvalue weighted by molar-refractivity contribution is -0.274. The Kier molecular flexibility index (Phi) is 3.30. The predicted molar refractivity (Wildman–Crippen MR) is 59.6 cm³/mol. The highest BCUT2D eigenvalue weighted by atomic mass is 19.4. The molecule has 0 N–H and O–H groups in total. The van der Waals surface area contributed by atoms with Crippen molar-refractivity contribution in [3.05, 3.63) is 29.8 Å². The number of alkyl halides is 3. The first-order chi connectivity index (χ1) is 8.78. The Hall–Kier alpha value is -1.92. The molecule has 0 radical (unpaired) electrons. The second-order valence-electron chi connectivity index (χ2n) is 4.28. The van der Waals surface area contributed by atoms with Crippen LogP contribution in [0, 0.1) is 0 Å². The van der Waals surface area contributed by atoms with Gasteiger partial charge in [0.1, 0.15) is 11.9 Å². The molecule has 0 aromatic heterocycles. The molecule has 1 heterocycles. The summed E-state index contributed by atoms with van der Waals surface area (Å²) in [4.78, 5) is 12.8. The van der Waals surface area contributed by atoms with Gasteiger partial charge in [0.15, 0.2) is 0 Å². The quantitative estimate of drug-likeness (QED) is 0.832. The number of rotatable bonds is 2. The van der Waals surface area contributed by atoms with E-state index < -0.39 is 18.6 Å². The third-order valence-electron chi connectivity index (χ3n) is 2.99. The molecule has 1 amide bonds. The minimum absolute atomic E-state index is 0.256. The SMILES string of the molecule is C[C@H]1[C@@H](c2cccc(OC(F)(F)F)c2)OC(=O)N1C. The van der Waals surface area contributed by atoms with E-state index in [4.69, 9.17) is 4.74 Å². The van der Waals surface area contributed by atoms with Crippen molar-refractivity contribution < 1.29 is 27.4 Å². The van der Waals surface area contributed by atoms with Crippen molar-refractivity contribution in [2.45, 2.75) is 25.4 Å². The summed E-state index contributed by atoms with van der Waals surface area (Å²) in [6.45, 7) is 1.76. The number of nitrogens with zero attached hydrogens (tertiary/aromatic N) is 1. The van der Waals surface area contributed by atoms with Crippen molar-refractivity contribution in [1.82, 2.24) is 4.90 Å². The first kappa shape index (κ1) is 13.5. The van der Waals surface area contributed by atoms with E-state index in [0.29, 0.717) is 5.56 Å². The van der Waals surface area contributed by atoms with Crippen molar-refractivity contribution in [2.75, 3.05) is 7.05 Å². The maximum absolute atomic E-state index is 12.1. The van der Waals surface area contributed by atoms with Crippen LogP contribution in [0.1, 0.15) is 18.6 Å². The highest BCUT2D eigenvalue weighted by molar-refractivity contribution is 5.70. The Labute approximate surface area is 107 Å². The van der Waals surface area contributed by atoms with Crippen LogP contribution >= 0.6 is 0 Å². The van der Waals surface area contributed by atoms with Crippen molar-refractivity contribution in [3.63, 3.8) is 0 Å². The van der Waals surface area contributed by atoms with E-state index in [1.807, 2.05) is 0 Å². The predicted octanol–water partition coefficient (Wildman–Crippen LogP) is 3.10. The molecule has 19 heavy (non-hydrogen) atoms. The third kappa shape index (κ3) is 2.91. The van der Waals surface area contributed by atoms with E-state index in [1.165, 1.54) is 23.1 Å². The molecule has 0 saturated carbocycles. The van der Waals surface area contributed by atoms with Gasteiger partial charge in [0.2, 0.25) is 0 Å². The van der Waals surface area contributed by atoms with Crippen LogP contribution in [0.2, 0.25) is 0 Å². The molecule has 2 atom stereocenters. The van der Waals surface area contributed by atoms with Gasteiger partial charge in [-0.15, -0.1) is 13.2 Å². The van der Waals surface area contributed by atoms with Crippen LogP contribution in [-0.4, -0.2) is 30.4 Å². The molecule has 1 aromatic carbocycles. The third-order valence-corrected chi connectivity index (χ3v) is 2.99. The number of likely N-dealkylation sites (N-methyl/N-ethyl adjacent to an activating group) is 1. The van der Waals surface area contributed by atoms with E-state index in [-0.39, 0.29) is 11.8 Å². The van der Waals surface area contributed by atoms with Gasteiger partial charge in [-0.25, -0.2) is 4.79 Å². The van der Waals surface area contributed by atoms with Crippen LogP contribution in [0.4, 0.5) is 18.0 Å². The first-order valence-corrected chi connectivity index (χ1v) is 5.57. The summed E-state index contributed by atoms with van der Waals surface area (Å²) in [5, 5.41) is 0. The van der Waals surface area contributed by atoms with Crippen LogP contribution in [0.3, 0.4) is 0 Å². The molecule has 1 fully saturated rings. The molecular formula is C12H12F3NO3. The van der Waals surface area contributed by atoms with Gasteiger partial charge in [-0.3, -0.25) is 0 Å². The smallest absolute Gasteiger partial charge is 0.439 e. The topological polar surface area (TPSA) is 38.8 Å². The van der Waals surface area contributed by atoms with E-state index in [9.17, 15) is 18.0 Å². The lowest BCUT2D eigenvalue weighted by Gasteiger charge is -2.17. The zero-order valence-corrected chi connectivity index (χ0v) is 10.3. The Bertz CT molecular complexity index is 489. The van der Waals surface area contributed by atoms with Crippen LogP contribution < -0.4 is 4.74 Å². The number of halogens is 3. The zero-order valence-electron chi connectivity index (χ0n) is 10.3. The maximum Gasteiger partial charge on any atom is 0.573 e. The average Bonchev–Trinajstić information content (AvgIpc) is 2.55. The fraction of sp³-hybridized carbons (Fsp3) is 0.417. The van der Waals surface area contributed by atoms with E-state index in [0.717, 1.165) is 0 Å². The highest BCUT2D eigenvalue weighted by Crippen LogP contribution is 2.33. The zero-order chi connectivity index (χ0) is 14.2. The summed E-state index contributed by atoms with van der Waals surface area (Å²) in [5.41, 5.74) is 0.465. The van der Waals surface area contributed by atoms with Gasteiger partial charge in [-0.2, -0.15) is 0 Å². The highest BCUT2D eigenvalue weighted by Gasteiger charge is 2.38. The lowest BCUT2D eigenvalue weighted by atomic mass is 10.0. The molecule has 1 aromatic rings. The summed E-state index contributed by atoms with van der Waals surface area (Å²) in [7, 11) is 1.57. The van der Waals surface area contributed by atoms with Crippen molar-refractivity contribution >= 4 is 6.09 Å². The minimum atomic E-state index is -4.74. The summed E-state index contributed by atoms with van der Waals surface area (Å²) < 4.78 is 45.3. The molecular weight excluding hydrogens is 263 g/mol. The molecule has 0 aliphatic carbocycles. The Morgan fingerprint density at radius 1 is 1.37 bits per heavy atom. The van der Waals surface area contributed by atoms with Gasteiger partial charge in [0, 0.05) is 7.05 Å². The van der Waals surface area contributed by atoms with Crippen LogP contribution in [0.15, 0.2) is 24.3 Å². The van der Waals surface area contributed by atoms with Crippen molar-refractivity contribution in [1.29, 1.82) is 0 Å². The summed E-state index contributed by atoms with van der Waals surface area (Å²) in [6.07, 6.45) is -5.85. The molecule has 1 saturated heterocycles. The van der Waals surface area contributed by atoms with Crippen molar-refractivity contribution in [2.24, 2.45) is 0 Å². The number of hydrogen-bond donors (Lipinski definition) is 0. The summed E-state index contributed by atoms with van der Waals surface area (Å²) >= 11 is 0. The van der Waals surface area contributed by atoms with Crippen LogP contribution in [0.25, 0.3) is 0 Å². The molecule has 7 heteroatoms. The van der Waals surface area contributed by atoms with E-state index in [2.05, 4.69) is 4.74 Å². The van der Waals surface area contributed by atoms with Crippen LogP contribution in [-0.2, 0) is 4.74 Å². The molecule has 0 unspecified atom stereocenters. The average molecular weight is 275 g/mol. The molecule has 2 rings (SSSR count). The van der Waals surface area contributed by atoms with E-state index >= 15 is 0 Å². The fourth-order valence-electron chi connectivity index (χ4n) is 1.89. The maximum atomic E-state index is 12.1. The second kappa shape index (κ2) is 4.64. The summed E-state index contributed by atoms with van der Waals surface area (Å²) in [5.74, 6) is -0.331. The number of ether oxygens (including phenoxy) is 2. The Morgan fingerprint density at radius 3 is 2.58 bits per heavy atom. The molecule has 0 spiro atoms. The molecule has 1 aliphatic heterocycles. The number of benzene rings is 1. The normalized spacial score (nSPS) is 23.4. The minimum Gasteiger partial charge on any atom is -0.439 e. The van der Waals surface area contributed by atoms with Crippen LogP contribution in [0.5, 0.6) is 5.75 Å².